The van der Waals surface area contributed by atoms with Crippen molar-refractivity contribution in [2.24, 2.45) is 0 Å². The lowest BCUT2D eigenvalue weighted by Crippen LogP contribution is -2.37. The van der Waals surface area contributed by atoms with Crippen molar-refractivity contribution in [2.75, 3.05) is 32.0 Å². The zero-order valence-electron chi connectivity index (χ0n) is 16.9. The van der Waals surface area contributed by atoms with Gasteiger partial charge in [0.1, 0.15) is 0 Å². The summed E-state index contributed by atoms with van der Waals surface area (Å²) in [7, 11) is 0. The number of carbonyl (C=O) groups is 1. The van der Waals surface area contributed by atoms with Crippen LogP contribution in [0.3, 0.4) is 0 Å². The van der Waals surface area contributed by atoms with Crippen LogP contribution in [0.1, 0.15) is 47.6 Å². The van der Waals surface area contributed by atoms with Gasteiger partial charge in [0.25, 0.3) is 5.91 Å². The van der Waals surface area contributed by atoms with E-state index in [0.717, 1.165) is 48.7 Å². The van der Waals surface area contributed by atoms with E-state index < -0.39 is 0 Å². The van der Waals surface area contributed by atoms with Crippen LogP contribution in [0.5, 0.6) is 0 Å². The molecule has 5 heteroatoms. The minimum atomic E-state index is 0.0144. The Bertz CT molecular complexity index is 786. The Morgan fingerprint density at radius 1 is 1.07 bits per heavy atom. The van der Waals surface area contributed by atoms with Gasteiger partial charge in [0.2, 0.25) is 0 Å². The molecule has 2 aromatic rings. The molecule has 4 nitrogen and oxygen atoms in total. The molecule has 2 aliphatic rings. The molecule has 1 N–H and O–H groups in total. The third-order valence-corrected chi connectivity index (χ3v) is 7.01. The van der Waals surface area contributed by atoms with E-state index in [-0.39, 0.29) is 11.9 Å². The third kappa shape index (κ3) is 5.41. The average molecular weight is 411 g/mol. The van der Waals surface area contributed by atoms with Crippen molar-refractivity contribution in [2.45, 2.75) is 42.7 Å². The maximum atomic E-state index is 13.0. The summed E-state index contributed by atoms with van der Waals surface area (Å²) in [5.74, 6) is 0.922. The van der Waals surface area contributed by atoms with Crippen molar-refractivity contribution < 1.29 is 9.53 Å². The minimum absolute atomic E-state index is 0.0144. The van der Waals surface area contributed by atoms with Crippen molar-refractivity contribution in [3.8, 4) is 0 Å². The van der Waals surface area contributed by atoms with Crippen LogP contribution in [0.15, 0.2) is 59.5 Å². The normalized spacial score (nSPS) is 20.6. The van der Waals surface area contributed by atoms with Gasteiger partial charge in [0.05, 0.1) is 17.7 Å². The first-order chi connectivity index (χ1) is 14.3. The maximum Gasteiger partial charge on any atom is 0.252 e. The van der Waals surface area contributed by atoms with Crippen molar-refractivity contribution in [3.05, 3.63) is 65.7 Å². The molecular formula is C24H30N2O2S. The molecule has 154 valence electrons. The van der Waals surface area contributed by atoms with Gasteiger partial charge in [-0.25, -0.2) is 0 Å². The van der Waals surface area contributed by atoms with Crippen molar-refractivity contribution in [3.63, 3.8) is 0 Å². The Morgan fingerprint density at radius 2 is 1.83 bits per heavy atom. The van der Waals surface area contributed by atoms with Gasteiger partial charge in [0.15, 0.2) is 0 Å². The van der Waals surface area contributed by atoms with E-state index in [4.69, 9.17) is 4.74 Å². The predicted octanol–water partition coefficient (Wildman–Crippen LogP) is 4.52. The number of thioether (sulfide) groups is 1. The molecule has 0 aromatic heterocycles. The topological polar surface area (TPSA) is 41.6 Å². The van der Waals surface area contributed by atoms with Crippen LogP contribution >= 0.6 is 11.8 Å². The van der Waals surface area contributed by atoms with Crippen LogP contribution in [0.25, 0.3) is 0 Å². The van der Waals surface area contributed by atoms with E-state index in [1.807, 2.05) is 30.3 Å². The van der Waals surface area contributed by atoms with Crippen molar-refractivity contribution in [1.29, 1.82) is 0 Å². The van der Waals surface area contributed by atoms with Crippen molar-refractivity contribution >= 4 is 17.7 Å². The van der Waals surface area contributed by atoms with Crippen LogP contribution in [0, 0.1) is 0 Å². The first-order valence-corrected chi connectivity index (χ1v) is 11.7. The summed E-state index contributed by atoms with van der Waals surface area (Å²) in [4.78, 5) is 16.6. The van der Waals surface area contributed by atoms with Gasteiger partial charge in [0, 0.05) is 23.8 Å². The zero-order valence-corrected chi connectivity index (χ0v) is 17.7. The lowest BCUT2D eigenvalue weighted by Gasteiger charge is -2.28. The summed E-state index contributed by atoms with van der Waals surface area (Å²) >= 11 is 1.73. The smallest absolute Gasteiger partial charge is 0.252 e. The molecule has 29 heavy (non-hydrogen) atoms. The minimum Gasteiger partial charge on any atom is -0.377 e. The number of rotatable bonds is 8. The highest BCUT2D eigenvalue weighted by Gasteiger charge is 2.24. The highest BCUT2D eigenvalue weighted by Crippen LogP contribution is 2.28. The molecule has 2 atom stereocenters. The second kappa shape index (κ2) is 10.3. The predicted molar refractivity (Wildman–Crippen MR) is 118 cm³/mol. The molecule has 4 rings (SSSR count). The quantitative estimate of drug-likeness (QED) is 0.650. The molecular weight excluding hydrogens is 380 g/mol. The molecule has 2 fully saturated rings. The largest absolute Gasteiger partial charge is 0.377 e. The molecule has 1 amide bonds. The number of hydrogen-bond acceptors (Lipinski definition) is 4. The van der Waals surface area contributed by atoms with Crippen LogP contribution in [0.2, 0.25) is 0 Å². The second-order valence-electron chi connectivity index (χ2n) is 7.82. The molecule has 0 bridgehead atoms. The SMILES string of the molecule is O=C(NCC(c1ccccc1)N1CCCC1)c1ccccc1SCC1CCCO1. The number of likely N-dealkylation sites (tertiary alicyclic amines) is 1. The molecule has 0 aliphatic carbocycles. The molecule has 2 heterocycles. The molecule has 2 aromatic carbocycles. The van der Waals surface area contributed by atoms with Crippen molar-refractivity contribution in [1.82, 2.24) is 10.2 Å². The summed E-state index contributed by atoms with van der Waals surface area (Å²) in [6.45, 7) is 3.70. The lowest BCUT2D eigenvalue weighted by molar-refractivity contribution is 0.0935. The molecule has 2 unspecified atom stereocenters. The standard InChI is InChI=1S/C24H30N2O2S/c27-24(21-12-4-5-13-23(21)29-18-20-11-8-16-28-20)25-17-22(26-14-6-7-15-26)19-9-2-1-3-10-19/h1-5,9-10,12-13,20,22H,6-8,11,14-18H2,(H,25,27). The number of nitrogens with one attached hydrogen (secondary N) is 1. The molecule has 0 spiro atoms. The van der Waals surface area contributed by atoms with Gasteiger partial charge < -0.3 is 10.1 Å². The van der Waals surface area contributed by atoms with E-state index in [1.54, 1.807) is 11.8 Å². The molecule has 0 saturated carbocycles. The Labute approximate surface area is 178 Å². The first kappa shape index (κ1) is 20.5. The number of benzene rings is 2. The van der Waals surface area contributed by atoms with Gasteiger partial charge >= 0.3 is 0 Å². The number of hydrogen-bond donors (Lipinski definition) is 1. The fourth-order valence-electron chi connectivity index (χ4n) is 4.21. The van der Waals surface area contributed by atoms with E-state index in [9.17, 15) is 4.79 Å². The number of carbonyl (C=O) groups excluding carboxylic acids is 1. The van der Waals surface area contributed by atoms with E-state index in [1.165, 1.54) is 18.4 Å². The van der Waals surface area contributed by atoms with E-state index in [0.29, 0.717) is 12.6 Å². The average Bonchev–Trinajstić information content (AvgIpc) is 3.48. The summed E-state index contributed by atoms with van der Waals surface area (Å²) in [5.41, 5.74) is 2.04. The Balaban J connectivity index is 1.41. The lowest BCUT2D eigenvalue weighted by atomic mass is 10.1. The van der Waals surface area contributed by atoms with Crippen LogP contribution in [0.4, 0.5) is 0 Å². The Hall–Kier alpha value is -1.82. The van der Waals surface area contributed by atoms with Gasteiger partial charge in [-0.05, 0) is 56.5 Å². The van der Waals surface area contributed by atoms with E-state index >= 15 is 0 Å². The molecule has 0 radical (unpaired) electrons. The van der Waals surface area contributed by atoms with Crippen LogP contribution in [-0.2, 0) is 4.74 Å². The molecule has 2 aliphatic heterocycles. The van der Waals surface area contributed by atoms with E-state index in [2.05, 4.69) is 34.5 Å². The second-order valence-corrected chi connectivity index (χ2v) is 8.88. The van der Waals surface area contributed by atoms with Gasteiger partial charge in [-0.1, -0.05) is 42.5 Å². The van der Waals surface area contributed by atoms with Gasteiger partial charge in [-0.3, -0.25) is 9.69 Å². The summed E-state index contributed by atoms with van der Waals surface area (Å²) in [6, 6.07) is 18.7. The number of nitrogens with zero attached hydrogens (tertiary/aromatic N) is 1. The zero-order chi connectivity index (χ0) is 19.9. The first-order valence-electron chi connectivity index (χ1n) is 10.7. The summed E-state index contributed by atoms with van der Waals surface area (Å²) in [6.07, 6.45) is 5.05. The number of ether oxygens (including phenoxy) is 1. The highest BCUT2D eigenvalue weighted by atomic mass is 32.2. The third-order valence-electron chi connectivity index (χ3n) is 5.80. The fourth-order valence-corrected chi connectivity index (χ4v) is 5.33. The summed E-state index contributed by atoms with van der Waals surface area (Å²) < 4.78 is 5.73. The van der Waals surface area contributed by atoms with Gasteiger partial charge in [-0.2, -0.15) is 0 Å². The maximum absolute atomic E-state index is 13.0. The molecule has 2 saturated heterocycles. The van der Waals surface area contributed by atoms with Crippen LogP contribution in [-0.4, -0.2) is 48.9 Å². The fraction of sp³-hybridized carbons (Fsp3) is 0.458. The van der Waals surface area contributed by atoms with Crippen LogP contribution < -0.4 is 5.32 Å². The Kier molecular flexibility index (Phi) is 7.25. The monoisotopic (exact) mass is 410 g/mol. The summed E-state index contributed by atoms with van der Waals surface area (Å²) in [5, 5.41) is 3.22. The Morgan fingerprint density at radius 3 is 2.59 bits per heavy atom. The van der Waals surface area contributed by atoms with Gasteiger partial charge in [-0.15, -0.1) is 11.8 Å². The highest BCUT2D eigenvalue weighted by molar-refractivity contribution is 7.99. The number of amides is 1.